The van der Waals surface area contributed by atoms with Crippen LogP contribution in [0.3, 0.4) is 0 Å². The molecule has 0 bridgehead atoms. The van der Waals surface area contributed by atoms with E-state index in [0.717, 1.165) is 0 Å². The molecule has 0 aliphatic carbocycles. The smallest absolute Gasteiger partial charge is 0.332 e. The van der Waals surface area contributed by atoms with E-state index in [-0.39, 0.29) is 5.91 Å². The van der Waals surface area contributed by atoms with Crippen LogP contribution in [0.5, 0.6) is 0 Å². The molecule has 0 saturated carbocycles. The quantitative estimate of drug-likeness (QED) is 0.628. The molecule has 0 aromatic heterocycles. The van der Waals surface area contributed by atoms with Crippen molar-refractivity contribution in [3.8, 4) is 0 Å². The van der Waals surface area contributed by atoms with E-state index < -0.39 is 17.4 Å². The van der Waals surface area contributed by atoms with E-state index in [1.54, 1.807) is 38.1 Å². The summed E-state index contributed by atoms with van der Waals surface area (Å²) >= 11 is 0. The fourth-order valence-corrected chi connectivity index (χ4v) is 2.52. The monoisotopic (exact) mass is 329 g/mol. The van der Waals surface area contributed by atoms with E-state index in [4.69, 9.17) is 0 Å². The lowest BCUT2D eigenvalue weighted by atomic mass is 9.85. The van der Waals surface area contributed by atoms with E-state index in [0.29, 0.717) is 17.0 Å². The van der Waals surface area contributed by atoms with Crippen LogP contribution >= 0.6 is 0 Å². The van der Waals surface area contributed by atoms with Gasteiger partial charge in [0.15, 0.2) is 0 Å². The van der Waals surface area contributed by atoms with Crippen LogP contribution < -0.4 is 4.90 Å². The first kappa shape index (κ1) is 17.5. The van der Waals surface area contributed by atoms with Gasteiger partial charge in [-0.05, 0) is 31.6 Å². The summed E-state index contributed by atoms with van der Waals surface area (Å²) < 4.78 is 9.36. The summed E-state index contributed by atoms with van der Waals surface area (Å²) in [7, 11) is 2.50. The molecular weight excluding hydrogens is 310 g/mol. The number of rotatable bonds is 3. The number of carbonyl (C=O) groups excluding carboxylic acids is 3. The molecule has 0 spiro atoms. The zero-order valence-electron chi connectivity index (χ0n) is 14.0. The molecule has 1 amide bonds. The summed E-state index contributed by atoms with van der Waals surface area (Å²) in [5.41, 5.74) is 0.296. The number of methoxy groups -OCH3 is 2. The molecule has 1 aromatic carbocycles. The number of para-hydroxylation sites is 1. The van der Waals surface area contributed by atoms with Gasteiger partial charge in [-0.1, -0.05) is 18.2 Å². The molecule has 0 unspecified atom stereocenters. The second-order valence-electron chi connectivity index (χ2n) is 5.74. The molecule has 1 aliphatic heterocycles. The van der Waals surface area contributed by atoms with Crippen molar-refractivity contribution in [2.24, 2.45) is 5.41 Å². The number of amides is 1. The summed E-state index contributed by atoms with van der Waals surface area (Å²) in [6, 6.07) is 8.89. The van der Waals surface area contributed by atoms with Crippen LogP contribution in [-0.2, 0) is 23.9 Å². The summed E-state index contributed by atoms with van der Waals surface area (Å²) in [5.74, 6) is -1.47. The minimum absolute atomic E-state index is 0.251. The zero-order valence-corrected chi connectivity index (χ0v) is 14.0. The lowest BCUT2D eigenvalue weighted by molar-refractivity contribution is -0.135. The molecule has 2 rings (SSSR count). The lowest BCUT2D eigenvalue weighted by Crippen LogP contribution is -2.30. The third-order valence-corrected chi connectivity index (χ3v) is 3.86. The van der Waals surface area contributed by atoms with Gasteiger partial charge in [0.05, 0.1) is 25.3 Å². The number of carbonyl (C=O) groups is 3. The van der Waals surface area contributed by atoms with Crippen molar-refractivity contribution in [1.29, 1.82) is 0 Å². The van der Waals surface area contributed by atoms with E-state index >= 15 is 0 Å². The Morgan fingerprint density at radius 1 is 1.00 bits per heavy atom. The highest BCUT2D eigenvalue weighted by Crippen LogP contribution is 2.45. The van der Waals surface area contributed by atoms with E-state index in [9.17, 15) is 14.4 Å². The Hall–Kier alpha value is -2.89. The minimum Gasteiger partial charge on any atom is -0.466 e. The zero-order chi connectivity index (χ0) is 17.9. The summed E-state index contributed by atoms with van der Waals surface area (Å²) in [6.07, 6.45) is 2.43. The maximum absolute atomic E-state index is 12.9. The molecule has 1 saturated heterocycles. The average Bonchev–Trinajstić information content (AvgIpc) is 2.76. The number of hydrogen-bond donors (Lipinski definition) is 0. The molecule has 1 aliphatic rings. The highest BCUT2D eigenvalue weighted by Gasteiger charge is 2.48. The van der Waals surface area contributed by atoms with Gasteiger partial charge >= 0.3 is 11.9 Å². The van der Waals surface area contributed by atoms with Crippen LogP contribution in [0, 0.1) is 5.41 Å². The summed E-state index contributed by atoms with van der Waals surface area (Å²) in [5, 5.41) is 0. The van der Waals surface area contributed by atoms with Crippen LogP contribution in [0.25, 0.3) is 0 Å². The van der Waals surface area contributed by atoms with Crippen molar-refractivity contribution in [3.63, 3.8) is 0 Å². The molecule has 126 valence electrons. The van der Waals surface area contributed by atoms with Crippen LogP contribution in [0.1, 0.15) is 13.8 Å². The van der Waals surface area contributed by atoms with Gasteiger partial charge in [0.2, 0.25) is 5.91 Å². The van der Waals surface area contributed by atoms with Gasteiger partial charge in [-0.25, -0.2) is 9.59 Å². The van der Waals surface area contributed by atoms with Crippen LogP contribution in [0.2, 0.25) is 0 Å². The van der Waals surface area contributed by atoms with E-state index in [1.165, 1.54) is 31.3 Å². The third kappa shape index (κ3) is 3.08. The SMILES string of the molecule is COC(=O)/C=C1\C(=C/C(=O)OC)N(c2ccccc2)C(=O)C1(C)C. The predicted octanol–water partition coefficient (Wildman–Crippen LogP) is 2.22. The highest BCUT2D eigenvalue weighted by atomic mass is 16.5. The number of benzene rings is 1. The van der Waals surface area contributed by atoms with Gasteiger partial charge in [-0.15, -0.1) is 0 Å². The molecule has 0 radical (unpaired) electrons. The maximum Gasteiger partial charge on any atom is 0.332 e. The van der Waals surface area contributed by atoms with Gasteiger partial charge < -0.3 is 9.47 Å². The summed E-state index contributed by atoms with van der Waals surface area (Å²) in [6.45, 7) is 3.39. The molecule has 1 fully saturated rings. The highest BCUT2D eigenvalue weighted by molar-refractivity contribution is 6.10. The number of nitrogens with zero attached hydrogens (tertiary/aromatic N) is 1. The van der Waals surface area contributed by atoms with Gasteiger partial charge in [-0.2, -0.15) is 0 Å². The number of hydrogen-bond acceptors (Lipinski definition) is 5. The van der Waals surface area contributed by atoms with Crippen LogP contribution in [0.4, 0.5) is 5.69 Å². The third-order valence-electron chi connectivity index (χ3n) is 3.86. The second kappa shape index (κ2) is 6.70. The molecule has 0 N–H and O–H groups in total. The van der Waals surface area contributed by atoms with Crippen molar-refractivity contribution in [2.45, 2.75) is 13.8 Å². The predicted molar refractivity (Wildman–Crippen MR) is 87.9 cm³/mol. The average molecular weight is 329 g/mol. The van der Waals surface area contributed by atoms with E-state index in [1.807, 2.05) is 6.07 Å². The molecule has 1 aromatic rings. The fourth-order valence-electron chi connectivity index (χ4n) is 2.52. The number of allylic oxidation sites excluding steroid dienone is 1. The first-order valence-corrected chi connectivity index (χ1v) is 7.32. The van der Waals surface area contributed by atoms with E-state index in [2.05, 4.69) is 9.47 Å². The van der Waals surface area contributed by atoms with Gasteiger partial charge in [-0.3, -0.25) is 9.69 Å². The molecule has 0 atom stereocenters. The van der Waals surface area contributed by atoms with Crippen LogP contribution in [0.15, 0.2) is 53.8 Å². The topological polar surface area (TPSA) is 72.9 Å². The number of esters is 2. The normalized spacial score (nSPS) is 19.7. The molecule has 24 heavy (non-hydrogen) atoms. The standard InChI is InChI=1S/C18H19NO5/c1-18(2)13(10-15(20)23-3)14(11-16(21)24-4)19(17(18)22)12-8-6-5-7-9-12/h5-11H,1-4H3/b13-10+,14-11+. The number of anilines is 1. The van der Waals surface area contributed by atoms with Crippen molar-refractivity contribution >= 4 is 23.5 Å². The van der Waals surface area contributed by atoms with Crippen LogP contribution in [-0.4, -0.2) is 32.1 Å². The minimum atomic E-state index is -0.996. The maximum atomic E-state index is 12.9. The molecule has 6 nitrogen and oxygen atoms in total. The Balaban J connectivity index is 2.68. The van der Waals surface area contributed by atoms with Gasteiger partial charge in [0.25, 0.3) is 0 Å². The first-order chi connectivity index (χ1) is 11.3. The molecule has 6 heteroatoms. The fraction of sp³-hybridized carbons (Fsp3) is 0.278. The lowest BCUT2D eigenvalue weighted by Gasteiger charge is -2.19. The van der Waals surface area contributed by atoms with Crippen molar-refractivity contribution in [3.05, 3.63) is 53.8 Å². The Bertz CT molecular complexity index is 731. The molecule has 1 heterocycles. The van der Waals surface area contributed by atoms with Crippen molar-refractivity contribution in [2.75, 3.05) is 19.1 Å². The van der Waals surface area contributed by atoms with Gasteiger partial charge in [0.1, 0.15) is 0 Å². The van der Waals surface area contributed by atoms with Gasteiger partial charge in [0, 0.05) is 17.8 Å². The second-order valence-corrected chi connectivity index (χ2v) is 5.74. The largest absolute Gasteiger partial charge is 0.466 e. The Kier molecular flexibility index (Phi) is 4.87. The molecular formula is C18H19NO5. The summed E-state index contributed by atoms with van der Waals surface area (Å²) in [4.78, 5) is 37.9. The Morgan fingerprint density at radius 2 is 1.54 bits per heavy atom. The Labute approximate surface area is 140 Å². The first-order valence-electron chi connectivity index (χ1n) is 7.32. The van der Waals surface area contributed by atoms with Crippen molar-refractivity contribution < 1.29 is 23.9 Å². The number of ether oxygens (including phenoxy) is 2. The Morgan fingerprint density at radius 3 is 2.08 bits per heavy atom. The van der Waals surface area contributed by atoms with Crippen molar-refractivity contribution in [1.82, 2.24) is 0 Å².